The second-order valence-electron chi connectivity index (χ2n) is 7.67. The molecule has 0 aliphatic carbocycles. The number of alkyl carbamates (subject to hydrolysis) is 1. The molecule has 31 heavy (non-hydrogen) atoms. The highest BCUT2D eigenvalue weighted by atomic mass is 16.6. The van der Waals surface area contributed by atoms with Gasteiger partial charge in [-0.1, -0.05) is 96.2 Å². The predicted molar refractivity (Wildman–Crippen MR) is 121 cm³/mol. The number of carbonyl (C=O) groups is 1. The van der Waals surface area contributed by atoms with Crippen molar-refractivity contribution in [2.75, 3.05) is 0 Å². The largest absolute Gasteiger partial charge is 0.445 e. The minimum Gasteiger partial charge on any atom is -0.445 e. The zero-order valence-electron chi connectivity index (χ0n) is 17.3. The van der Waals surface area contributed by atoms with Gasteiger partial charge in [-0.2, -0.15) is 0 Å². The smallest absolute Gasteiger partial charge is 0.407 e. The molecule has 1 aliphatic heterocycles. The first kappa shape index (κ1) is 20.7. The van der Waals surface area contributed by atoms with Gasteiger partial charge in [-0.3, -0.25) is 0 Å². The number of nitrogens with one attached hydrogen (secondary N) is 1. The summed E-state index contributed by atoms with van der Waals surface area (Å²) in [6.45, 7) is 0.228. The van der Waals surface area contributed by atoms with Crippen molar-refractivity contribution >= 4 is 11.8 Å². The van der Waals surface area contributed by atoms with Gasteiger partial charge < -0.3 is 14.9 Å². The number of hydrogen-bond donors (Lipinski definition) is 1. The SMILES string of the molecule is O=C(N[C@@H](Cc1ccccc1)[C@@H]1CC(Cc2ccccc2)=NO1)OCc1ccccc1. The van der Waals surface area contributed by atoms with Crippen molar-refractivity contribution in [2.24, 2.45) is 5.16 Å². The molecule has 0 aromatic heterocycles. The molecule has 0 bridgehead atoms. The van der Waals surface area contributed by atoms with Crippen LogP contribution in [-0.4, -0.2) is 24.0 Å². The lowest BCUT2D eigenvalue weighted by Crippen LogP contribution is -2.45. The highest BCUT2D eigenvalue weighted by Crippen LogP contribution is 2.20. The molecule has 5 nitrogen and oxygen atoms in total. The molecule has 3 aromatic carbocycles. The van der Waals surface area contributed by atoms with E-state index < -0.39 is 6.09 Å². The number of benzene rings is 3. The lowest BCUT2D eigenvalue weighted by Gasteiger charge is -2.23. The molecular formula is C26H26N2O3. The summed E-state index contributed by atoms with van der Waals surface area (Å²) in [6, 6.07) is 29.6. The van der Waals surface area contributed by atoms with Crippen LogP contribution in [0.15, 0.2) is 96.2 Å². The quantitative estimate of drug-likeness (QED) is 0.570. The van der Waals surface area contributed by atoms with Gasteiger partial charge in [-0.05, 0) is 23.1 Å². The van der Waals surface area contributed by atoms with Gasteiger partial charge in [0.1, 0.15) is 6.61 Å². The first-order valence-electron chi connectivity index (χ1n) is 10.5. The van der Waals surface area contributed by atoms with Crippen molar-refractivity contribution in [1.29, 1.82) is 0 Å². The average Bonchev–Trinajstić information content (AvgIpc) is 3.28. The van der Waals surface area contributed by atoms with E-state index in [0.717, 1.165) is 23.3 Å². The molecule has 0 saturated heterocycles. The van der Waals surface area contributed by atoms with Crippen LogP contribution in [0.3, 0.4) is 0 Å². The Labute approximate surface area is 182 Å². The molecule has 0 radical (unpaired) electrons. The standard InChI is InChI=1S/C26H26N2O3/c29-26(30-19-22-14-8-3-9-15-22)27-24(17-21-12-6-2-7-13-21)25-18-23(28-31-25)16-20-10-4-1-5-11-20/h1-15,24-25H,16-19H2,(H,27,29)/t24-,25-/m0/s1. The molecule has 0 fully saturated rings. The van der Waals surface area contributed by atoms with Crippen molar-refractivity contribution in [3.8, 4) is 0 Å². The molecule has 0 unspecified atom stereocenters. The van der Waals surface area contributed by atoms with Gasteiger partial charge >= 0.3 is 6.09 Å². The Morgan fingerprint density at radius 1 is 0.903 bits per heavy atom. The van der Waals surface area contributed by atoms with Crippen molar-refractivity contribution in [2.45, 2.75) is 38.0 Å². The number of rotatable bonds is 8. The van der Waals surface area contributed by atoms with Crippen LogP contribution in [0.4, 0.5) is 4.79 Å². The summed E-state index contributed by atoms with van der Waals surface area (Å²) in [4.78, 5) is 18.3. The van der Waals surface area contributed by atoms with E-state index in [2.05, 4.69) is 22.6 Å². The maximum atomic E-state index is 12.5. The fraction of sp³-hybridized carbons (Fsp3) is 0.231. The molecule has 5 heteroatoms. The minimum atomic E-state index is -0.454. The van der Waals surface area contributed by atoms with Gasteiger partial charge in [0.25, 0.3) is 0 Å². The van der Waals surface area contributed by atoms with Gasteiger partial charge in [0.2, 0.25) is 0 Å². The van der Waals surface area contributed by atoms with Gasteiger partial charge in [0.15, 0.2) is 6.10 Å². The summed E-state index contributed by atoms with van der Waals surface area (Å²) in [5.41, 5.74) is 4.24. The predicted octanol–water partition coefficient (Wildman–Crippen LogP) is 4.91. The minimum absolute atomic E-state index is 0.228. The zero-order valence-corrected chi connectivity index (χ0v) is 17.3. The first-order chi connectivity index (χ1) is 15.3. The number of amides is 1. The van der Waals surface area contributed by atoms with E-state index in [1.807, 2.05) is 78.9 Å². The van der Waals surface area contributed by atoms with Crippen LogP contribution >= 0.6 is 0 Å². The van der Waals surface area contributed by atoms with Crippen molar-refractivity contribution in [3.63, 3.8) is 0 Å². The van der Waals surface area contributed by atoms with Crippen LogP contribution in [0.2, 0.25) is 0 Å². The number of oxime groups is 1. The Hall–Kier alpha value is -3.60. The molecule has 2 atom stereocenters. The lowest BCUT2D eigenvalue weighted by atomic mass is 9.96. The Kier molecular flexibility index (Phi) is 6.96. The molecule has 1 N–H and O–H groups in total. The van der Waals surface area contributed by atoms with Crippen LogP contribution < -0.4 is 5.32 Å². The Morgan fingerprint density at radius 2 is 1.48 bits per heavy atom. The molecule has 0 saturated carbocycles. The van der Waals surface area contributed by atoms with E-state index in [4.69, 9.17) is 9.57 Å². The monoisotopic (exact) mass is 414 g/mol. The second-order valence-corrected chi connectivity index (χ2v) is 7.67. The molecule has 3 aromatic rings. The number of nitrogens with zero attached hydrogens (tertiary/aromatic N) is 1. The fourth-order valence-corrected chi connectivity index (χ4v) is 3.66. The van der Waals surface area contributed by atoms with E-state index in [1.165, 1.54) is 5.56 Å². The van der Waals surface area contributed by atoms with Gasteiger partial charge in [-0.15, -0.1) is 0 Å². The molecule has 4 rings (SSSR count). The third-order valence-corrected chi connectivity index (χ3v) is 5.27. The van der Waals surface area contributed by atoms with Gasteiger partial charge in [-0.25, -0.2) is 4.79 Å². The molecular weight excluding hydrogens is 388 g/mol. The van der Waals surface area contributed by atoms with Crippen molar-refractivity contribution < 1.29 is 14.4 Å². The van der Waals surface area contributed by atoms with Gasteiger partial charge in [0.05, 0.1) is 11.8 Å². The Morgan fingerprint density at radius 3 is 2.13 bits per heavy atom. The highest BCUT2D eigenvalue weighted by Gasteiger charge is 2.31. The molecule has 0 spiro atoms. The topological polar surface area (TPSA) is 59.9 Å². The fourth-order valence-electron chi connectivity index (χ4n) is 3.66. The van der Waals surface area contributed by atoms with Crippen LogP contribution in [-0.2, 0) is 29.0 Å². The number of ether oxygens (including phenoxy) is 1. The zero-order chi connectivity index (χ0) is 21.3. The third kappa shape index (κ3) is 6.19. The number of hydrogen-bond acceptors (Lipinski definition) is 4. The lowest BCUT2D eigenvalue weighted by molar-refractivity contribution is 0.0509. The highest BCUT2D eigenvalue weighted by molar-refractivity contribution is 5.87. The summed E-state index contributed by atoms with van der Waals surface area (Å²) in [6.07, 6.45) is 1.37. The van der Waals surface area contributed by atoms with Crippen LogP contribution in [0.1, 0.15) is 23.1 Å². The van der Waals surface area contributed by atoms with E-state index in [-0.39, 0.29) is 18.8 Å². The van der Waals surface area contributed by atoms with E-state index >= 15 is 0 Å². The maximum Gasteiger partial charge on any atom is 0.407 e. The molecule has 158 valence electrons. The Balaban J connectivity index is 1.38. The van der Waals surface area contributed by atoms with Crippen LogP contribution in [0, 0.1) is 0 Å². The first-order valence-corrected chi connectivity index (χ1v) is 10.5. The summed E-state index contributed by atoms with van der Waals surface area (Å²) in [5, 5.41) is 7.30. The van der Waals surface area contributed by atoms with Crippen molar-refractivity contribution in [1.82, 2.24) is 5.32 Å². The summed E-state index contributed by atoms with van der Waals surface area (Å²) in [5.74, 6) is 0. The van der Waals surface area contributed by atoms with Crippen LogP contribution in [0.25, 0.3) is 0 Å². The summed E-state index contributed by atoms with van der Waals surface area (Å²) in [7, 11) is 0. The van der Waals surface area contributed by atoms with Crippen LogP contribution in [0.5, 0.6) is 0 Å². The van der Waals surface area contributed by atoms with Gasteiger partial charge in [0, 0.05) is 12.8 Å². The summed E-state index contributed by atoms with van der Waals surface area (Å²) >= 11 is 0. The normalized spacial score (nSPS) is 16.1. The average molecular weight is 415 g/mol. The molecule has 1 heterocycles. The van der Waals surface area contributed by atoms with E-state index in [1.54, 1.807) is 0 Å². The molecule has 1 amide bonds. The molecule has 1 aliphatic rings. The second kappa shape index (κ2) is 10.4. The summed E-state index contributed by atoms with van der Waals surface area (Å²) < 4.78 is 5.44. The maximum absolute atomic E-state index is 12.5. The Bertz CT molecular complexity index is 991. The number of carbonyl (C=O) groups excluding carboxylic acids is 1. The van der Waals surface area contributed by atoms with E-state index in [0.29, 0.717) is 12.8 Å². The van der Waals surface area contributed by atoms with Crippen molar-refractivity contribution in [3.05, 3.63) is 108 Å². The third-order valence-electron chi connectivity index (χ3n) is 5.27. The van der Waals surface area contributed by atoms with E-state index in [9.17, 15) is 4.79 Å².